The van der Waals surface area contributed by atoms with Crippen molar-refractivity contribution in [2.75, 3.05) is 47.5 Å². The first-order valence-corrected chi connectivity index (χ1v) is 20.5. The Balaban J connectivity index is 4.56. The summed E-state index contributed by atoms with van der Waals surface area (Å²) in [6.45, 7) is 4.64. The maximum Gasteiger partial charge on any atom is 0.361 e. The predicted octanol–water partition coefficient (Wildman–Crippen LogP) is 10.2. The Hall–Kier alpha value is -3.01. The second-order valence-electron chi connectivity index (χ2n) is 14.6. The van der Waals surface area contributed by atoms with Gasteiger partial charge in [-0.1, -0.05) is 120 Å². The molecular weight excluding hydrogens is 670 g/mol. The lowest BCUT2D eigenvalue weighted by Crippen LogP contribution is -2.40. The third-order valence-electron chi connectivity index (χ3n) is 8.26. The zero-order valence-corrected chi connectivity index (χ0v) is 34.2. The van der Waals surface area contributed by atoms with Crippen LogP contribution >= 0.6 is 0 Å². The molecule has 0 radical (unpaired) electrons. The number of carboxylic acids is 1. The van der Waals surface area contributed by atoms with Gasteiger partial charge in [0.1, 0.15) is 13.2 Å². The Kier molecular flexibility index (Phi) is 33.9. The first kappa shape index (κ1) is 50.0. The van der Waals surface area contributed by atoms with Crippen molar-refractivity contribution in [3.8, 4) is 0 Å². The van der Waals surface area contributed by atoms with Crippen molar-refractivity contribution in [1.82, 2.24) is 0 Å². The number of quaternary nitrogens is 1. The van der Waals surface area contributed by atoms with Gasteiger partial charge in [-0.05, 0) is 70.6 Å². The molecule has 0 saturated carbocycles. The fourth-order valence-corrected chi connectivity index (χ4v) is 5.04. The minimum atomic E-state index is -1.52. The zero-order chi connectivity index (χ0) is 39.3. The molecule has 0 aliphatic carbocycles. The largest absolute Gasteiger partial charge is 0.477 e. The monoisotopic (exact) mass is 747 g/mol. The standard InChI is InChI=1S/C44H75NO8/c1-6-8-10-12-14-16-18-19-20-21-22-23-25-27-29-31-33-35-42(47)53-40(39-52-44(43(48)49)50-37-36-45(3,4)5)38-51-41(46)34-32-30-28-26-24-17-15-13-11-9-7-2/h8,10,13-16,19-20,22-23,40,44H,6-7,9,11-12,17-18,21,24-39H2,1-5H3/p+1/b10-8-,15-13-,16-14-,20-19-,23-22-. The van der Waals surface area contributed by atoms with Crippen LogP contribution in [0.5, 0.6) is 0 Å². The molecule has 0 aromatic rings. The van der Waals surface area contributed by atoms with Crippen molar-refractivity contribution in [2.45, 2.75) is 155 Å². The topological polar surface area (TPSA) is 108 Å². The zero-order valence-electron chi connectivity index (χ0n) is 34.2. The van der Waals surface area contributed by atoms with Crippen LogP contribution in [0.25, 0.3) is 0 Å². The molecule has 0 aliphatic rings. The number of unbranched alkanes of at least 4 members (excludes halogenated alkanes) is 11. The maximum absolute atomic E-state index is 12.7. The Morgan fingerprint density at radius 2 is 1.08 bits per heavy atom. The van der Waals surface area contributed by atoms with Crippen LogP contribution < -0.4 is 0 Å². The Labute approximate surface area is 323 Å². The first-order chi connectivity index (χ1) is 25.6. The van der Waals surface area contributed by atoms with E-state index < -0.39 is 24.3 Å². The van der Waals surface area contributed by atoms with Crippen molar-refractivity contribution in [3.63, 3.8) is 0 Å². The lowest BCUT2D eigenvalue weighted by molar-refractivity contribution is -0.870. The lowest BCUT2D eigenvalue weighted by Gasteiger charge is -2.25. The molecule has 0 fully saturated rings. The smallest absolute Gasteiger partial charge is 0.361 e. The van der Waals surface area contributed by atoms with E-state index in [4.69, 9.17) is 18.9 Å². The number of carbonyl (C=O) groups excluding carboxylic acids is 2. The van der Waals surface area contributed by atoms with Gasteiger partial charge in [0.25, 0.3) is 6.29 Å². The Bertz CT molecular complexity index is 1060. The third kappa shape index (κ3) is 37.1. The Morgan fingerprint density at radius 1 is 0.585 bits per heavy atom. The van der Waals surface area contributed by atoms with Crippen LogP contribution in [-0.4, -0.2) is 87.4 Å². The fourth-order valence-electron chi connectivity index (χ4n) is 5.04. The van der Waals surface area contributed by atoms with Gasteiger partial charge < -0.3 is 28.5 Å². The average Bonchev–Trinajstić information content (AvgIpc) is 3.11. The van der Waals surface area contributed by atoms with Crippen LogP contribution in [0, 0.1) is 0 Å². The van der Waals surface area contributed by atoms with E-state index in [-0.39, 0.29) is 38.6 Å². The van der Waals surface area contributed by atoms with Crippen molar-refractivity contribution in [1.29, 1.82) is 0 Å². The van der Waals surface area contributed by atoms with E-state index in [2.05, 4.69) is 74.6 Å². The van der Waals surface area contributed by atoms with Crippen LogP contribution in [0.1, 0.15) is 142 Å². The summed E-state index contributed by atoms with van der Waals surface area (Å²) in [5.74, 6) is -2.06. The van der Waals surface area contributed by atoms with E-state index in [1.54, 1.807) is 0 Å². The van der Waals surface area contributed by atoms with Gasteiger partial charge in [-0.25, -0.2) is 4.79 Å². The highest BCUT2D eigenvalue weighted by atomic mass is 16.7. The summed E-state index contributed by atoms with van der Waals surface area (Å²) in [6.07, 6.45) is 38.5. The predicted molar refractivity (Wildman–Crippen MR) is 216 cm³/mol. The molecule has 0 aliphatic heterocycles. The molecule has 0 saturated heterocycles. The SMILES string of the molecule is CC/C=C\C/C=C\C/C=C\C/C=C\CCCCCCC(=O)OC(COC(=O)CCCCCCC/C=C\CCCC)COC(OCC[N+](C)(C)C)C(=O)O. The van der Waals surface area contributed by atoms with E-state index in [0.29, 0.717) is 17.4 Å². The van der Waals surface area contributed by atoms with Gasteiger partial charge in [0, 0.05) is 12.8 Å². The number of hydrogen-bond acceptors (Lipinski definition) is 7. The summed E-state index contributed by atoms with van der Waals surface area (Å²) in [5, 5.41) is 9.60. The number of hydrogen-bond donors (Lipinski definition) is 1. The molecule has 0 amide bonds. The first-order valence-electron chi connectivity index (χ1n) is 20.5. The molecule has 0 spiro atoms. The lowest BCUT2D eigenvalue weighted by atomic mass is 10.1. The minimum Gasteiger partial charge on any atom is -0.477 e. The van der Waals surface area contributed by atoms with Crippen LogP contribution in [0.4, 0.5) is 0 Å². The van der Waals surface area contributed by atoms with E-state index in [9.17, 15) is 19.5 Å². The third-order valence-corrected chi connectivity index (χ3v) is 8.26. The van der Waals surface area contributed by atoms with Crippen LogP contribution in [0.2, 0.25) is 0 Å². The molecule has 0 rings (SSSR count). The molecule has 2 unspecified atom stereocenters. The summed E-state index contributed by atoms with van der Waals surface area (Å²) in [6, 6.07) is 0. The van der Waals surface area contributed by atoms with Crippen LogP contribution in [0.3, 0.4) is 0 Å². The second kappa shape index (κ2) is 36.0. The highest BCUT2D eigenvalue weighted by Crippen LogP contribution is 2.12. The molecule has 0 aromatic heterocycles. The summed E-state index contributed by atoms with van der Waals surface area (Å²) in [4.78, 5) is 36.9. The molecule has 0 aromatic carbocycles. The van der Waals surface area contributed by atoms with Crippen molar-refractivity contribution < 1.29 is 42.9 Å². The second-order valence-corrected chi connectivity index (χ2v) is 14.6. The molecule has 53 heavy (non-hydrogen) atoms. The summed E-state index contributed by atoms with van der Waals surface area (Å²) in [7, 11) is 5.93. The summed E-state index contributed by atoms with van der Waals surface area (Å²) in [5.41, 5.74) is 0. The van der Waals surface area contributed by atoms with Crippen molar-refractivity contribution in [2.24, 2.45) is 0 Å². The van der Waals surface area contributed by atoms with E-state index >= 15 is 0 Å². The molecule has 0 bridgehead atoms. The van der Waals surface area contributed by atoms with E-state index in [0.717, 1.165) is 96.3 Å². The number of rotatable bonds is 36. The normalized spacial score (nSPS) is 13.6. The number of carbonyl (C=O) groups is 3. The molecule has 1 N–H and O–H groups in total. The Morgan fingerprint density at radius 3 is 1.62 bits per heavy atom. The highest BCUT2D eigenvalue weighted by Gasteiger charge is 2.25. The van der Waals surface area contributed by atoms with Gasteiger partial charge in [0.2, 0.25) is 0 Å². The van der Waals surface area contributed by atoms with Gasteiger partial charge in [-0.2, -0.15) is 0 Å². The number of esters is 2. The number of ether oxygens (including phenoxy) is 4. The maximum atomic E-state index is 12.7. The summed E-state index contributed by atoms with van der Waals surface area (Å²) >= 11 is 0. The number of carboxylic acid groups (broad SMARTS) is 1. The van der Waals surface area contributed by atoms with Gasteiger partial charge in [-0.3, -0.25) is 9.59 Å². The average molecular weight is 747 g/mol. The van der Waals surface area contributed by atoms with Gasteiger partial charge in [-0.15, -0.1) is 0 Å². The molecule has 0 heterocycles. The fraction of sp³-hybridized carbons (Fsp3) is 0.705. The number of nitrogens with zero attached hydrogens (tertiary/aromatic N) is 1. The van der Waals surface area contributed by atoms with E-state index in [1.165, 1.54) is 12.8 Å². The molecule has 9 heteroatoms. The van der Waals surface area contributed by atoms with Gasteiger partial charge >= 0.3 is 17.9 Å². The van der Waals surface area contributed by atoms with Crippen molar-refractivity contribution >= 4 is 17.9 Å². The highest BCUT2D eigenvalue weighted by molar-refractivity contribution is 5.71. The molecule has 9 nitrogen and oxygen atoms in total. The van der Waals surface area contributed by atoms with E-state index in [1.807, 2.05) is 21.1 Å². The van der Waals surface area contributed by atoms with Crippen LogP contribution in [0.15, 0.2) is 60.8 Å². The number of aliphatic carboxylic acids is 1. The summed E-state index contributed by atoms with van der Waals surface area (Å²) < 4.78 is 22.6. The number of likely N-dealkylation sites (N-methyl/N-ethyl adjacent to an activating group) is 1. The van der Waals surface area contributed by atoms with Gasteiger partial charge in [0.15, 0.2) is 6.10 Å². The molecule has 2 atom stereocenters. The molecule has 304 valence electrons. The quantitative estimate of drug-likeness (QED) is 0.0222. The number of allylic oxidation sites excluding steroid dienone is 10. The molecular formula is C44H76NO8+. The van der Waals surface area contributed by atoms with Crippen molar-refractivity contribution in [3.05, 3.63) is 60.8 Å². The van der Waals surface area contributed by atoms with Crippen LogP contribution in [-0.2, 0) is 33.3 Å². The van der Waals surface area contributed by atoms with Gasteiger partial charge in [0.05, 0.1) is 34.4 Å². The minimum absolute atomic E-state index is 0.178.